The van der Waals surface area contributed by atoms with Gasteiger partial charge in [0.2, 0.25) is 6.79 Å². The fourth-order valence-electron chi connectivity index (χ4n) is 3.05. The summed E-state index contributed by atoms with van der Waals surface area (Å²) >= 11 is 0. The summed E-state index contributed by atoms with van der Waals surface area (Å²) in [6.45, 7) is 0.570. The summed E-state index contributed by atoms with van der Waals surface area (Å²) in [6, 6.07) is 17.9. The summed E-state index contributed by atoms with van der Waals surface area (Å²) < 4.78 is 27.0. The van der Waals surface area contributed by atoms with E-state index < -0.39 is 0 Å². The zero-order valence-electron chi connectivity index (χ0n) is 16.6. The van der Waals surface area contributed by atoms with Gasteiger partial charge in [0.25, 0.3) is 5.91 Å². The molecule has 3 aromatic rings. The standard InChI is InChI=1S/C23H21NO6/c1-26-19-8-6-16(11-21(19)27-2)23(25)24-17-5-3-4-15(10-17)13-28-18-7-9-20-22(12-18)30-14-29-20/h3-12H,13-14H2,1-2H3,(H,24,25). The second-order valence-electron chi connectivity index (χ2n) is 6.53. The van der Waals surface area contributed by atoms with Gasteiger partial charge in [0, 0.05) is 17.3 Å². The predicted molar refractivity (Wildman–Crippen MR) is 111 cm³/mol. The Morgan fingerprint density at radius 1 is 0.933 bits per heavy atom. The van der Waals surface area contributed by atoms with Gasteiger partial charge in [0.05, 0.1) is 14.2 Å². The first-order valence-electron chi connectivity index (χ1n) is 9.31. The second-order valence-corrected chi connectivity index (χ2v) is 6.53. The Morgan fingerprint density at radius 2 is 1.77 bits per heavy atom. The molecule has 0 radical (unpaired) electrons. The van der Waals surface area contributed by atoms with Crippen LogP contribution in [0.5, 0.6) is 28.7 Å². The molecule has 1 amide bonds. The highest BCUT2D eigenvalue weighted by atomic mass is 16.7. The van der Waals surface area contributed by atoms with Crippen molar-refractivity contribution >= 4 is 11.6 Å². The molecule has 1 N–H and O–H groups in total. The van der Waals surface area contributed by atoms with Crippen molar-refractivity contribution in [2.24, 2.45) is 0 Å². The van der Waals surface area contributed by atoms with Gasteiger partial charge in [-0.25, -0.2) is 0 Å². The number of methoxy groups -OCH3 is 2. The number of hydrogen-bond acceptors (Lipinski definition) is 6. The van der Waals surface area contributed by atoms with E-state index in [0.717, 1.165) is 5.56 Å². The maximum Gasteiger partial charge on any atom is 0.255 e. The quantitative estimate of drug-likeness (QED) is 0.631. The van der Waals surface area contributed by atoms with Crippen LogP contribution in [0.3, 0.4) is 0 Å². The molecule has 7 heteroatoms. The van der Waals surface area contributed by atoms with Crippen LogP contribution in [-0.4, -0.2) is 26.9 Å². The Balaban J connectivity index is 1.41. The average molecular weight is 407 g/mol. The number of hydrogen-bond donors (Lipinski definition) is 1. The Morgan fingerprint density at radius 3 is 2.60 bits per heavy atom. The van der Waals surface area contributed by atoms with Gasteiger partial charge in [-0.1, -0.05) is 12.1 Å². The molecule has 0 atom stereocenters. The molecule has 0 saturated heterocycles. The Labute approximate surface area is 174 Å². The number of benzene rings is 3. The van der Waals surface area contributed by atoms with Crippen LogP contribution in [0.15, 0.2) is 60.7 Å². The third-order valence-electron chi connectivity index (χ3n) is 4.58. The lowest BCUT2D eigenvalue weighted by Gasteiger charge is -2.11. The van der Waals surface area contributed by atoms with Crippen molar-refractivity contribution in [1.82, 2.24) is 0 Å². The molecule has 0 aliphatic carbocycles. The van der Waals surface area contributed by atoms with Crippen molar-refractivity contribution in [2.45, 2.75) is 6.61 Å². The molecule has 0 bridgehead atoms. The van der Waals surface area contributed by atoms with E-state index in [0.29, 0.717) is 46.6 Å². The smallest absolute Gasteiger partial charge is 0.255 e. The van der Waals surface area contributed by atoms with Crippen molar-refractivity contribution < 1.29 is 28.5 Å². The lowest BCUT2D eigenvalue weighted by atomic mass is 10.1. The number of carbonyl (C=O) groups is 1. The number of nitrogens with one attached hydrogen (secondary N) is 1. The number of carbonyl (C=O) groups excluding carboxylic acids is 1. The van der Waals surface area contributed by atoms with E-state index in [1.807, 2.05) is 36.4 Å². The summed E-state index contributed by atoms with van der Waals surface area (Å²) in [7, 11) is 3.08. The number of amides is 1. The minimum Gasteiger partial charge on any atom is -0.493 e. The van der Waals surface area contributed by atoms with Gasteiger partial charge in [0.1, 0.15) is 12.4 Å². The van der Waals surface area contributed by atoms with Gasteiger partial charge in [-0.05, 0) is 48.0 Å². The Hall–Kier alpha value is -3.87. The highest BCUT2D eigenvalue weighted by Gasteiger charge is 2.14. The van der Waals surface area contributed by atoms with Crippen molar-refractivity contribution in [3.63, 3.8) is 0 Å². The summed E-state index contributed by atoms with van der Waals surface area (Å²) in [4.78, 5) is 12.6. The molecule has 30 heavy (non-hydrogen) atoms. The molecule has 1 heterocycles. The fourth-order valence-corrected chi connectivity index (χ4v) is 3.05. The maximum absolute atomic E-state index is 12.6. The van der Waals surface area contributed by atoms with Gasteiger partial charge < -0.3 is 29.0 Å². The van der Waals surface area contributed by atoms with Crippen LogP contribution in [-0.2, 0) is 6.61 Å². The van der Waals surface area contributed by atoms with Crippen LogP contribution in [0.1, 0.15) is 15.9 Å². The third kappa shape index (κ3) is 4.25. The molecule has 0 unspecified atom stereocenters. The zero-order valence-corrected chi connectivity index (χ0v) is 16.6. The summed E-state index contributed by atoms with van der Waals surface area (Å²) in [6.07, 6.45) is 0. The molecule has 154 valence electrons. The van der Waals surface area contributed by atoms with Crippen LogP contribution in [0.2, 0.25) is 0 Å². The fraction of sp³-hybridized carbons (Fsp3) is 0.174. The van der Waals surface area contributed by atoms with E-state index in [9.17, 15) is 4.79 Å². The van der Waals surface area contributed by atoms with Gasteiger partial charge in [-0.15, -0.1) is 0 Å². The lowest BCUT2D eigenvalue weighted by Crippen LogP contribution is -2.12. The topological polar surface area (TPSA) is 75.3 Å². The molecule has 0 spiro atoms. The SMILES string of the molecule is COc1ccc(C(=O)Nc2cccc(COc3ccc4c(c3)OCO4)c2)cc1OC. The predicted octanol–water partition coefficient (Wildman–Crippen LogP) is 4.26. The Bertz CT molecular complexity index is 1070. The molecule has 0 saturated carbocycles. The normalized spacial score (nSPS) is 11.7. The first-order chi connectivity index (χ1) is 14.7. The molecule has 1 aliphatic rings. The molecule has 1 aliphatic heterocycles. The van der Waals surface area contributed by atoms with Crippen molar-refractivity contribution in [2.75, 3.05) is 26.3 Å². The van der Waals surface area contributed by atoms with E-state index >= 15 is 0 Å². The number of rotatable bonds is 7. The monoisotopic (exact) mass is 407 g/mol. The van der Waals surface area contributed by atoms with E-state index in [1.165, 1.54) is 7.11 Å². The van der Waals surface area contributed by atoms with E-state index in [1.54, 1.807) is 31.4 Å². The van der Waals surface area contributed by atoms with Crippen LogP contribution in [0.25, 0.3) is 0 Å². The molecule has 7 nitrogen and oxygen atoms in total. The van der Waals surface area contributed by atoms with Crippen LogP contribution >= 0.6 is 0 Å². The highest BCUT2D eigenvalue weighted by molar-refractivity contribution is 6.04. The van der Waals surface area contributed by atoms with Crippen molar-refractivity contribution in [3.05, 3.63) is 71.8 Å². The van der Waals surface area contributed by atoms with E-state index in [2.05, 4.69) is 5.32 Å². The maximum atomic E-state index is 12.6. The second kappa shape index (κ2) is 8.65. The largest absolute Gasteiger partial charge is 0.493 e. The number of anilines is 1. The summed E-state index contributed by atoms with van der Waals surface area (Å²) in [5.74, 6) is 2.88. The third-order valence-corrected chi connectivity index (χ3v) is 4.58. The molecule has 3 aromatic carbocycles. The molecule has 4 rings (SSSR count). The molecule has 0 fully saturated rings. The van der Waals surface area contributed by atoms with Crippen molar-refractivity contribution in [3.8, 4) is 28.7 Å². The minimum absolute atomic E-state index is 0.223. The molecular weight excluding hydrogens is 386 g/mol. The lowest BCUT2D eigenvalue weighted by molar-refractivity contribution is 0.102. The average Bonchev–Trinajstić information content (AvgIpc) is 3.25. The van der Waals surface area contributed by atoms with Gasteiger partial charge in [0.15, 0.2) is 23.0 Å². The summed E-state index contributed by atoms with van der Waals surface area (Å²) in [5.41, 5.74) is 2.05. The van der Waals surface area contributed by atoms with Gasteiger partial charge in [-0.3, -0.25) is 4.79 Å². The van der Waals surface area contributed by atoms with Crippen LogP contribution in [0, 0.1) is 0 Å². The van der Waals surface area contributed by atoms with Crippen LogP contribution < -0.4 is 29.0 Å². The first-order valence-corrected chi connectivity index (χ1v) is 9.31. The molecular formula is C23H21NO6. The van der Waals surface area contributed by atoms with Crippen LogP contribution in [0.4, 0.5) is 5.69 Å². The number of fused-ring (bicyclic) bond motifs is 1. The first kappa shape index (κ1) is 19.4. The van der Waals surface area contributed by atoms with E-state index in [4.69, 9.17) is 23.7 Å². The van der Waals surface area contributed by atoms with Crippen molar-refractivity contribution in [1.29, 1.82) is 0 Å². The Kier molecular flexibility index (Phi) is 5.61. The zero-order chi connectivity index (χ0) is 20.9. The van der Waals surface area contributed by atoms with E-state index in [-0.39, 0.29) is 12.7 Å². The summed E-state index contributed by atoms with van der Waals surface area (Å²) in [5, 5.41) is 2.89. The van der Waals surface area contributed by atoms with Gasteiger partial charge in [-0.2, -0.15) is 0 Å². The minimum atomic E-state index is -0.246. The number of ether oxygens (including phenoxy) is 5. The van der Waals surface area contributed by atoms with Gasteiger partial charge >= 0.3 is 0 Å². The highest BCUT2D eigenvalue weighted by Crippen LogP contribution is 2.35. The molecule has 0 aromatic heterocycles.